The van der Waals surface area contributed by atoms with Crippen molar-refractivity contribution in [2.45, 2.75) is 93.2 Å². The number of aliphatic carboxylic acids is 1. The van der Waals surface area contributed by atoms with Crippen molar-refractivity contribution in [1.82, 2.24) is 23.0 Å². The minimum atomic E-state index is -4.01. The number of benzene rings is 8. The van der Waals surface area contributed by atoms with Gasteiger partial charge in [0.1, 0.15) is 23.0 Å². The Labute approximate surface area is 654 Å². The molecule has 0 aliphatic heterocycles. The highest BCUT2D eigenvalue weighted by Crippen LogP contribution is 2.39. The number of carbonyl (C=O) groups is 10. The number of alkyl halides is 4. The Morgan fingerprint density at radius 1 is 0.400 bits per heavy atom. The number of nitrogens with one attached hydrogen (secondary N) is 1. The number of carbonyl (C=O) groups excluding carboxylic acids is 9. The minimum Gasteiger partial charge on any atom is -0.476 e. The molecule has 4 amide bonds. The Morgan fingerprint density at radius 3 is 0.991 bits per heavy atom. The maximum Gasteiger partial charge on any atom is 0.381 e. The topological polar surface area (TPSA) is 390 Å². The van der Waals surface area contributed by atoms with Crippen molar-refractivity contribution < 1.29 is 107 Å². The molecule has 115 heavy (non-hydrogen) atoms. The van der Waals surface area contributed by atoms with Crippen LogP contribution in [0.1, 0.15) is 90.0 Å². The second-order valence-corrected chi connectivity index (χ2v) is 27.2. The maximum atomic E-state index is 14.4. The number of nitrogens with two attached hydrogens (primary N) is 3. The number of aromatic nitrogens is 4. The summed E-state index contributed by atoms with van der Waals surface area (Å²) in [5, 5.41) is 9.99. The molecule has 0 fully saturated rings. The van der Waals surface area contributed by atoms with Gasteiger partial charge in [0.05, 0.1) is 74.4 Å². The predicted molar refractivity (Wildman–Crippen MR) is 415 cm³/mol. The maximum absolute atomic E-state index is 14.4. The van der Waals surface area contributed by atoms with Gasteiger partial charge in [-0.1, -0.05) is 146 Å². The lowest BCUT2D eigenvalue weighted by Crippen LogP contribution is -2.38. The van der Waals surface area contributed by atoms with Gasteiger partial charge in [-0.15, -0.1) is 0 Å². The number of aryl methyl sites for hydroxylation is 1. The molecule has 27 nitrogen and oxygen atoms in total. The molecule has 0 aliphatic rings. The Bertz CT molecular complexity index is 5780. The number of hydrogen-bond acceptors (Lipinski definition) is 18. The average Bonchev–Trinajstić information content (AvgIpc) is 1.63. The summed E-state index contributed by atoms with van der Waals surface area (Å²) in [4.78, 5) is 118. The van der Waals surface area contributed by atoms with Gasteiger partial charge >= 0.3 is 49.2 Å². The minimum absolute atomic E-state index is 0.00914. The first-order valence-electron chi connectivity index (χ1n) is 35.2. The Kier molecular flexibility index (Phi) is 28.0. The van der Waals surface area contributed by atoms with Crippen molar-refractivity contribution in [3.05, 3.63) is 262 Å². The van der Waals surface area contributed by atoms with Crippen LogP contribution in [0.5, 0.6) is 23.0 Å². The van der Waals surface area contributed by atoms with E-state index in [1.807, 2.05) is 133 Å². The predicted octanol–water partition coefficient (Wildman–Crippen LogP) is 11.0. The number of primary amides is 3. The molecule has 32 heteroatoms. The molecule has 4 unspecified atom stereocenters. The summed E-state index contributed by atoms with van der Waals surface area (Å²) in [7, 11) is -4.01. The first-order chi connectivity index (χ1) is 54.7. The van der Waals surface area contributed by atoms with E-state index in [4.69, 9.17) is 41.3 Å². The zero-order chi connectivity index (χ0) is 83.7. The van der Waals surface area contributed by atoms with E-state index < -0.39 is 94.3 Å². The van der Waals surface area contributed by atoms with Gasteiger partial charge in [-0.05, 0) is 118 Å². The van der Waals surface area contributed by atoms with Gasteiger partial charge in [-0.3, -0.25) is 33.6 Å². The molecule has 598 valence electrons. The van der Waals surface area contributed by atoms with Crippen LogP contribution in [0.25, 0.3) is 43.6 Å². The van der Waals surface area contributed by atoms with Crippen molar-refractivity contribution >= 4 is 113 Å². The zero-order valence-corrected chi connectivity index (χ0v) is 63.7. The number of hydrogen-bond donors (Lipinski definition) is 5. The van der Waals surface area contributed by atoms with E-state index in [9.17, 15) is 73.9 Å². The Hall–Kier alpha value is -13.9. The molecule has 12 aromatic rings. The van der Waals surface area contributed by atoms with Crippen LogP contribution in [-0.4, -0.2) is 136 Å². The number of Topliss-reactive ketones (excluding diaryl/α,β-unsaturated/α-hetero) is 3. The molecular weight excluding hydrogens is 1520 g/mol. The first kappa shape index (κ1) is 85.1. The van der Waals surface area contributed by atoms with Gasteiger partial charge < -0.3 is 69.0 Å². The van der Waals surface area contributed by atoms with E-state index in [-0.39, 0.29) is 63.3 Å². The van der Waals surface area contributed by atoms with Gasteiger partial charge in [0.15, 0.2) is 0 Å². The molecule has 0 saturated carbocycles. The number of carboxylic acid groups (broad SMARTS) is 1. The van der Waals surface area contributed by atoms with Crippen molar-refractivity contribution in [3.63, 3.8) is 0 Å². The van der Waals surface area contributed by atoms with E-state index in [1.54, 1.807) is 86.2 Å². The Balaban J connectivity index is 0.000000176. The summed E-state index contributed by atoms with van der Waals surface area (Å²) in [5.74, 6) is -12.1. The van der Waals surface area contributed by atoms with Crippen molar-refractivity contribution in [3.8, 4) is 23.0 Å². The molecule has 0 radical (unpaired) electrons. The monoisotopic (exact) mass is 1600 g/mol. The molecule has 4 aromatic heterocycles. The number of carboxylic acids is 1. The molecule has 0 saturated heterocycles. The van der Waals surface area contributed by atoms with Crippen LogP contribution in [-0.2, 0) is 79.2 Å². The fourth-order valence-electron chi connectivity index (χ4n) is 12.6. The molecular formula is C83H78F4N8O19S. The second kappa shape index (κ2) is 37.9. The lowest BCUT2D eigenvalue weighted by atomic mass is 10.1. The van der Waals surface area contributed by atoms with Gasteiger partial charge in [-0.2, -0.15) is 17.6 Å². The van der Waals surface area contributed by atoms with Crippen LogP contribution in [0.15, 0.2) is 200 Å². The second-order valence-electron chi connectivity index (χ2n) is 25.5. The summed E-state index contributed by atoms with van der Waals surface area (Å²) in [6.07, 6.45) is -9.15. The quantitative estimate of drug-likeness (QED) is 0.0126. The summed E-state index contributed by atoms with van der Waals surface area (Å²) in [6.45, 7) is 12.0. The van der Waals surface area contributed by atoms with Crippen LogP contribution in [0.4, 0.5) is 17.6 Å². The number of amides is 4. The standard InChI is InChI=1S/C22H21FN2O5.C21H20FN3O6S.C20H17FN2O5.C20H20FNO3/c1-3-29-22(28)20(23)30-16-11-7-10-15-18(16)17(19(26)21(24)27)13(2)25(15)12-14-8-5-4-6-9-14;1-12-16(18(26)20(23)27)17-14(25(12)11-13-7-4-3-5-8-13)9-6-10-15(17)31-19(22)21(28)24-32(2,29)30;1-11-15(17(24)19(22)25)16-13(23(11)10-12-6-3-2-4-7-12)8-5-9-14(16)28-18(21)20(26)27;1-3-24-20(23)19(21)25-18-11-7-10-17-16(18)12-14(2)22(17)13-15-8-5-4-6-9-15/h4-11,20H,3,12H2,1-2H3,(H2,24,27);3-10,19H,11H2,1-2H3,(H2,23,27)(H,24,28);2-9,18H,10H2,1H3,(H2,22,25)(H,26,27);4-12,19H,3,13H2,1-2H3. The number of sulfonamides is 1. The smallest absolute Gasteiger partial charge is 0.381 e. The first-order valence-corrected chi connectivity index (χ1v) is 37.1. The molecule has 4 atom stereocenters. The van der Waals surface area contributed by atoms with E-state index in [0.717, 1.165) is 33.3 Å². The number of rotatable bonds is 29. The molecule has 0 spiro atoms. The number of nitrogens with zero attached hydrogens (tertiary/aromatic N) is 4. The molecule has 12 rings (SSSR count). The normalized spacial score (nSPS) is 12.1. The summed E-state index contributed by atoms with van der Waals surface area (Å²) in [5.41, 5.74) is 24.2. The molecule has 0 bridgehead atoms. The van der Waals surface area contributed by atoms with Gasteiger partial charge in [0.2, 0.25) is 10.0 Å². The third-order valence-corrected chi connectivity index (χ3v) is 18.3. The SMILES string of the molecule is CCOC(=O)C(F)Oc1cccc2c1c(C(=O)C(N)=O)c(C)n2Cc1ccccc1.CCOC(=O)C(F)Oc1cccc2c1cc(C)n2Cc1ccccc1.Cc1c(C(=O)C(N)=O)c2c(OC(F)C(=O)NS(C)(=O)=O)cccc2n1Cc1ccccc1.Cc1c(C(=O)C(N)=O)c2c(OC(F)C(=O)O)cccc2n1Cc1ccccc1. The fourth-order valence-corrected chi connectivity index (χ4v) is 13.1. The van der Waals surface area contributed by atoms with Crippen LogP contribution in [0.2, 0.25) is 0 Å². The highest BCUT2D eigenvalue weighted by Gasteiger charge is 2.33. The van der Waals surface area contributed by atoms with Crippen LogP contribution in [0, 0.1) is 27.7 Å². The highest BCUT2D eigenvalue weighted by atomic mass is 32.2. The van der Waals surface area contributed by atoms with Crippen molar-refractivity contribution in [2.75, 3.05) is 19.5 Å². The summed E-state index contributed by atoms with van der Waals surface area (Å²) in [6, 6.07) is 59.3. The lowest BCUT2D eigenvalue weighted by Gasteiger charge is -2.13. The van der Waals surface area contributed by atoms with Gasteiger partial charge in [-0.25, -0.2) is 27.5 Å². The number of esters is 2. The van der Waals surface area contributed by atoms with E-state index >= 15 is 0 Å². The number of ketones is 3. The van der Waals surface area contributed by atoms with Gasteiger partial charge in [0.25, 0.3) is 35.1 Å². The Morgan fingerprint density at radius 2 is 0.687 bits per heavy atom. The third kappa shape index (κ3) is 20.4. The molecule has 4 heterocycles. The van der Waals surface area contributed by atoms with Crippen molar-refractivity contribution in [1.29, 1.82) is 0 Å². The third-order valence-electron chi connectivity index (χ3n) is 17.7. The zero-order valence-electron chi connectivity index (χ0n) is 62.8. The van der Waals surface area contributed by atoms with Crippen LogP contribution < -0.4 is 40.9 Å². The summed E-state index contributed by atoms with van der Waals surface area (Å²) >= 11 is 0. The van der Waals surface area contributed by atoms with Crippen LogP contribution in [0.3, 0.4) is 0 Å². The lowest BCUT2D eigenvalue weighted by molar-refractivity contribution is -0.160. The summed E-state index contributed by atoms with van der Waals surface area (Å²) < 4.78 is 117. The number of halogens is 4. The molecule has 0 aliphatic carbocycles. The van der Waals surface area contributed by atoms with Crippen molar-refractivity contribution in [2.24, 2.45) is 17.2 Å². The van der Waals surface area contributed by atoms with Crippen LogP contribution >= 0.6 is 0 Å². The molecule has 8 aromatic carbocycles. The highest BCUT2D eigenvalue weighted by molar-refractivity contribution is 7.89. The molecule has 8 N–H and O–H groups in total. The largest absolute Gasteiger partial charge is 0.476 e. The number of fused-ring (bicyclic) bond motifs is 4. The van der Waals surface area contributed by atoms with Gasteiger partial charge in [0, 0.05) is 54.3 Å². The average molecular weight is 1600 g/mol. The van der Waals surface area contributed by atoms with E-state index in [1.165, 1.54) is 34.6 Å². The number of ether oxygens (including phenoxy) is 6. The van der Waals surface area contributed by atoms with E-state index in [2.05, 4.69) is 26.2 Å². The fraction of sp³-hybridized carbons (Fsp3) is 0.205. The van der Waals surface area contributed by atoms with E-state index in [0.29, 0.717) is 71.8 Å².